The van der Waals surface area contributed by atoms with Gasteiger partial charge in [-0.1, -0.05) is 18.5 Å². The molecule has 0 unspecified atom stereocenters. The maximum Gasteiger partial charge on any atom is 0.166 e. The van der Waals surface area contributed by atoms with Gasteiger partial charge >= 0.3 is 0 Å². The molecule has 0 spiro atoms. The van der Waals surface area contributed by atoms with Crippen molar-refractivity contribution in [2.75, 3.05) is 14.2 Å². The number of rotatable bonds is 5. The minimum atomic E-state index is 0.0364. The van der Waals surface area contributed by atoms with Gasteiger partial charge in [0.05, 0.1) is 24.8 Å². The van der Waals surface area contributed by atoms with E-state index in [-0.39, 0.29) is 5.78 Å². The van der Waals surface area contributed by atoms with Crippen LogP contribution in [0.3, 0.4) is 0 Å². The Morgan fingerprint density at radius 1 is 1.25 bits per heavy atom. The van der Waals surface area contributed by atoms with Gasteiger partial charge in [0.1, 0.15) is 11.5 Å². The molecule has 0 radical (unpaired) electrons. The Morgan fingerprint density at radius 2 is 1.88 bits per heavy atom. The van der Waals surface area contributed by atoms with E-state index < -0.39 is 0 Å². The summed E-state index contributed by atoms with van der Waals surface area (Å²) in [5, 5.41) is 0.437. The second-order valence-electron chi connectivity index (χ2n) is 3.36. The highest BCUT2D eigenvalue weighted by atomic mass is 35.5. The van der Waals surface area contributed by atoms with Gasteiger partial charge < -0.3 is 9.47 Å². The number of ketones is 1. The summed E-state index contributed by atoms with van der Waals surface area (Å²) < 4.78 is 10.2. The standard InChI is InChI=1S/C12H15ClO3/c1-4-5-10(14)8-6-12(16-3)9(13)7-11(8)15-2/h6-7H,4-5H2,1-3H3. The minimum Gasteiger partial charge on any atom is -0.496 e. The Hall–Kier alpha value is -1.22. The molecule has 1 aromatic rings. The van der Waals surface area contributed by atoms with Gasteiger partial charge in [-0.05, 0) is 12.5 Å². The zero-order chi connectivity index (χ0) is 12.1. The fraction of sp³-hybridized carbons (Fsp3) is 0.417. The molecule has 88 valence electrons. The number of ether oxygens (including phenoxy) is 2. The van der Waals surface area contributed by atoms with Crippen molar-refractivity contribution in [2.24, 2.45) is 0 Å². The first-order valence-electron chi connectivity index (χ1n) is 5.08. The van der Waals surface area contributed by atoms with E-state index in [9.17, 15) is 4.79 Å². The topological polar surface area (TPSA) is 35.5 Å². The van der Waals surface area contributed by atoms with Gasteiger partial charge in [-0.3, -0.25) is 4.79 Å². The van der Waals surface area contributed by atoms with E-state index in [2.05, 4.69) is 0 Å². The van der Waals surface area contributed by atoms with E-state index in [0.717, 1.165) is 6.42 Å². The molecule has 1 rings (SSSR count). The van der Waals surface area contributed by atoms with Gasteiger partial charge in [0.25, 0.3) is 0 Å². The van der Waals surface area contributed by atoms with Gasteiger partial charge in [-0.25, -0.2) is 0 Å². The van der Waals surface area contributed by atoms with Crippen LogP contribution in [0.15, 0.2) is 12.1 Å². The smallest absolute Gasteiger partial charge is 0.166 e. The Kier molecular flexibility index (Phi) is 4.62. The minimum absolute atomic E-state index is 0.0364. The molecule has 0 amide bonds. The van der Waals surface area contributed by atoms with Crippen molar-refractivity contribution >= 4 is 17.4 Å². The number of Topliss-reactive ketones (excluding diaryl/α,β-unsaturated/α-hetero) is 1. The van der Waals surface area contributed by atoms with Crippen molar-refractivity contribution in [3.05, 3.63) is 22.7 Å². The van der Waals surface area contributed by atoms with Crippen LogP contribution in [0.25, 0.3) is 0 Å². The Labute approximate surface area is 100 Å². The Morgan fingerprint density at radius 3 is 2.38 bits per heavy atom. The van der Waals surface area contributed by atoms with Crippen LogP contribution in [-0.2, 0) is 0 Å². The molecular weight excluding hydrogens is 228 g/mol. The van der Waals surface area contributed by atoms with Crippen LogP contribution in [0.5, 0.6) is 11.5 Å². The molecule has 3 nitrogen and oxygen atoms in total. The lowest BCUT2D eigenvalue weighted by Crippen LogP contribution is -2.02. The molecule has 1 aromatic carbocycles. The highest BCUT2D eigenvalue weighted by Crippen LogP contribution is 2.33. The van der Waals surface area contributed by atoms with Crippen molar-refractivity contribution < 1.29 is 14.3 Å². The second kappa shape index (κ2) is 5.75. The third-order valence-electron chi connectivity index (χ3n) is 2.25. The lowest BCUT2D eigenvalue weighted by molar-refractivity contribution is 0.0978. The number of carbonyl (C=O) groups is 1. The molecule has 0 fully saturated rings. The van der Waals surface area contributed by atoms with Gasteiger partial charge in [0.15, 0.2) is 5.78 Å². The average molecular weight is 243 g/mol. The predicted octanol–water partition coefficient (Wildman–Crippen LogP) is 3.34. The summed E-state index contributed by atoms with van der Waals surface area (Å²) in [6.45, 7) is 1.96. The van der Waals surface area contributed by atoms with Crippen LogP contribution in [0, 0.1) is 0 Å². The zero-order valence-corrected chi connectivity index (χ0v) is 10.4. The molecule has 4 heteroatoms. The highest BCUT2D eigenvalue weighted by molar-refractivity contribution is 6.32. The van der Waals surface area contributed by atoms with Crippen molar-refractivity contribution in [3.63, 3.8) is 0 Å². The van der Waals surface area contributed by atoms with Crippen LogP contribution in [0.2, 0.25) is 5.02 Å². The first kappa shape index (κ1) is 12.8. The van der Waals surface area contributed by atoms with Gasteiger partial charge in [0, 0.05) is 12.5 Å². The summed E-state index contributed by atoms with van der Waals surface area (Å²) >= 11 is 5.95. The van der Waals surface area contributed by atoms with Crippen molar-refractivity contribution in [2.45, 2.75) is 19.8 Å². The van der Waals surface area contributed by atoms with Crippen molar-refractivity contribution in [1.29, 1.82) is 0 Å². The average Bonchev–Trinajstić information content (AvgIpc) is 2.28. The number of hydrogen-bond acceptors (Lipinski definition) is 3. The molecule has 0 aliphatic carbocycles. The van der Waals surface area contributed by atoms with E-state index in [1.807, 2.05) is 6.92 Å². The van der Waals surface area contributed by atoms with Crippen molar-refractivity contribution in [1.82, 2.24) is 0 Å². The normalized spacial score (nSPS) is 10.0. The van der Waals surface area contributed by atoms with Gasteiger partial charge in [-0.2, -0.15) is 0 Å². The molecule has 0 N–H and O–H groups in total. The predicted molar refractivity (Wildman–Crippen MR) is 63.8 cm³/mol. The molecule has 0 saturated carbocycles. The summed E-state index contributed by atoms with van der Waals surface area (Å²) in [4.78, 5) is 11.8. The first-order valence-corrected chi connectivity index (χ1v) is 5.46. The maximum absolute atomic E-state index is 11.8. The van der Waals surface area contributed by atoms with Gasteiger partial charge in [-0.15, -0.1) is 0 Å². The van der Waals surface area contributed by atoms with Crippen molar-refractivity contribution in [3.8, 4) is 11.5 Å². The lowest BCUT2D eigenvalue weighted by Gasteiger charge is -2.10. The molecule has 0 saturated heterocycles. The van der Waals surface area contributed by atoms with Gasteiger partial charge in [0.2, 0.25) is 0 Å². The summed E-state index contributed by atoms with van der Waals surface area (Å²) in [5.74, 6) is 1.01. The summed E-state index contributed by atoms with van der Waals surface area (Å²) in [6, 6.07) is 3.22. The Balaban J connectivity index is 3.19. The fourth-order valence-corrected chi connectivity index (χ4v) is 1.67. The molecule has 16 heavy (non-hydrogen) atoms. The molecule has 0 aliphatic heterocycles. The third-order valence-corrected chi connectivity index (χ3v) is 2.55. The Bertz CT molecular complexity index is 388. The van der Waals surface area contributed by atoms with Crippen LogP contribution in [0.4, 0.5) is 0 Å². The molecule has 0 aromatic heterocycles. The summed E-state index contributed by atoms with van der Waals surface area (Å²) in [7, 11) is 3.03. The second-order valence-corrected chi connectivity index (χ2v) is 3.77. The largest absolute Gasteiger partial charge is 0.496 e. The quantitative estimate of drug-likeness (QED) is 0.743. The SMILES string of the molecule is CCCC(=O)c1cc(OC)c(Cl)cc1OC. The number of hydrogen-bond donors (Lipinski definition) is 0. The maximum atomic E-state index is 11.8. The summed E-state index contributed by atoms with van der Waals surface area (Å²) in [5.41, 5.74) is 0.519. The summed E-state index contributed by atoms with van der Waals surface area (Å²) in [6.07, 6.45) is 1.29. The molecule has 0 atom stereocenters. The van der Waals surface area contributed by atoms with E-state index in [4.69, 9.17) is 21.1 Å². The number of methoxy groups -OCH3 is 2. The van der Waals surface area contributed by atoms with Crippen LogP contribution in [0.1, 0.15) is 30.1 Å². The molecule has 0 bridgehead atoms. The molecular formula is C12H15ClO3. The van der Waals surface area contributed by atoms with E-state index >= 15 is 0 Å². The monoisotopic (exact) mass is 242 g/mol. The van der Waals surface area contributed by atoms with E-state index in [1.165, 1.54) is 14.2 Å². The van der Waals surface area contributed by atoms with Crippen LogP contribution < -0.4 is 9.47 Å². The number of carbonyl (C=O) groups excluding carboxylic acids is 1. The number of halogens is 1. The highest BCUT2D eigenvalue weighted by Gasteiger charge is 2.15. The van der Waals surface area contributed by atoms with Crippen LogP contribution in [-0.4, -0.2) is 20.0 Å². The molecule has 0 aliphatic rings. The fourth-order valence-electron chi connectivity index (χ4n) is 1.44. The first-order chi connectivity index (χ1) is 7.63. The lowest BCUT2D eigenvalue weighted by atomic mass is 10.1. The number of benzene rings is 1. The van der Waals surface area contributed by atoms with E-state index in [1.54, 1.807) is 12.1 Å². The zero-order valence-electron chi connectivity index (χ0n) is 9.67. The van der Waals surface area contributed by atoms with E-state index in [0.29, 0.717) is 28.5 Å². The van der Waals surface area contributed by atoms with Crippen LogP contribution >= 0.6 is 11.6 Å². The molecule has 0 heterocycles. The third kappa shape index (κ3) is 2.67.